The van der Waals surface area contributed by atoms with Crippen LogP contribution in [-0.2, 0) is 14.3 Å². The van der Waals surface area contributed by atoms with Crippen LogP contribution in [0, 0.1) is 11.8 Å². The van der Waals surface area contributed by atoms with Crippen LogP contribution >= 0.6 is 0 Å². The summed E-state index contributed by atoms with van der Waals surface area (Å²) in [5.74, 6) is -1.87. The second kappa shape index (κ2) is 10.5. The van der Waals surface area contributed by atoms with Crippen molar-refractivity contribution in [1.29, 1.82) is 0 Å². The van der Waals surface area contributed by atoms with Gasteiger partial charge in [-0.2, -0.15) is 0 Å². The molecule has 2 bridgehead atoms. The average Bonchev–Trinajstić information content (AvgIpc) is 3.67. The number of hydrogen-bond acceptors (Lipinski definition) is 6. The first-order valence-electron chi connectivity index (χ1n) is 14.0. The van der Waals surface area contributed by atoms with Crippen molar-refractivity contribution in [3.05, 3.63) is 144 Å². The van der Waals surface area contributed by atoms with Crippen molar-refractivity contribution < 1.29 is 23.9 Å². The molecule has 6 heteroatoms. The summed E-state index contributed by atoms with van der Waals surface area (Å²) in [4.78, 5) is 40.9. The zero-order valence-electron chi connectivity index (χ0n) is 22.2. The lowest BCUT2D eigenvalue weighted by molar-refractivity contribution is -0.125. The Balaban J connectivity index is 1.28. The van der Waals surface area contributed by atoms with Gasteiger partial charge in [0.05, 0.1) is 29.1 Å². The largest absolute Gasteiger partial charge is 0.453 e. The summed E-state index contributed by atoms with van der Waals surface area (Å²) in [6.45, 7) is 0. The molecule has 2 saturated heterocycles. The van der Waals surface area contributed by atoms with Crippen LogP contribution in [0.4, 0.5) is 0 Å². The minimum atomic E-state index is -0.809. The molecule has 4 aromatic carbocycles. The molecule has 8 atom stereocenters. The molecule has 6 nitrogen and oxygen atoms in total. The SMILES string of the molecule is O=C(OC1C2NC(C1OC(=O)c1ccccc1)C1C2C(=O)C(c2ccccc2)C1c1ccccc1)c1ccccc1. The third kappa shape index (κ3) is 4.35. The monoisotopic (exact) mass is 543 g/mol. The number of Topliss-reactive ketones (excluding diaryl/α,β-unsaturated/α-hetero) is 1. The molecular weight excluding hydrogens is 514 g/mol. The van der Waals surface area contributed by atoms with Gasteiger partial charge < -0.3 is 14.8 Å². The van der Waals surface area contributed by atoms with Crippen LogP contribution in [0.1, 0.15) is 43.7 Å². The first-order chi connectivity index (χ1) is 20.1. The fourth-order valence-corrected chi connectivity index (χ4v) is 7.28. The zero-order valence-corrected chi connectivity index (χ0v) is 22.2. The molecule has 1 N–H and O–H groups in total. The first-order valence-corrected chi connectivity index (χ1v) is 14.0. The number of esters is 2. The fourth-order valence-electron chi connectivity index (χ4n) is 7.28. The number of fused-ring (bicyclic) bond motifs is 5. The number of rotatable bonds is 6. The molecule has 2 heterocycles. The van der Waals surface area contributed by atoms with Gasteiger partial charge in [0.15, 0.2) is 12.2 Å². The van der Waals surface area contributed by atoms with Crippen LogP contribution in [0.5, 0.6) is 0 Å². The highest BCUT2D eigenvalue weighted by Gasteiger charge is 2.69. The van der Waals surface area contributed by atoms with Gasteiger partial charge in [0.25, 0.3) is 0 Å². The van der Waals surface area contributed by atoms with E-state index in [1.807, 2.05) is 60.7 Å². The zero-order chi connectivity index (χ0) is 27.9. The summed E-state index contributed by atoms with van der Waals surface area (Å²) < 4.78 is 12.2. The number of carbonyl (C=O) groups is 3. The van der Waals surface area contributed by atoms with Crippen molar-refractivity contribution in [3.8, 4) is 0 Å². The predicted molar refractivity (Wildman–Crippen MR) is 152 cm³/mol. The van der Waals surface area contributed by atoms with E-state index in [-0.39, 0.29) is 29.6 Å². The Morgan fingerprint density at radius 2 is 0.976 bits per heavy atom. The molecule has 3 fully saturated rings. The van der Waals surface area contributed by atoms with Gasteiger partial charge in [0.2, 0.25) is 0 Å². The normalized spacial score (nSPS) is 29.6. The van der Waals surface area contributed by atoms with E-state index in [9.17, 15) is 14.4 Å². The maximum absolute atomic E-state index is 14.3. The van der Waals surface area contributed by atoms with Crippen LogP contribution in [0.2, 0.25) is 0 Å². The number of nitrogens with one attached hydrogen (secondary N) is 1. The molecule has 0 aromatic heterocycles. The van der Waals surface area contributed by atoms with Crippen LogP contribution in [0.25, 0.3) is 0 Å². The highest BCUT2D eigenvalue weighted by molar-refractivity contribution is 5.94. The minimum absolute atomic E-state index is 0.123. The van der Waals surface area contributed by atoms with Crippen molar-refractivity contribution in [1.82, 2.24) is 5.32 Å². The van der Waals surface area contributed by atoms with Crippen molar-refractivity contribution in [3.63, 3.8) is 0 Å². The van der Waals surface area contributed by atoms with Gasteiger partial charge in [-0.25, -0.2) is 9.59 Å². The maximum Gasteiger partial charge on any atom is 0.338 e. The van der Waals surface area contributed by atoms with Crippen LogP contribution < -0.4 is 5.32 Å². The highest BCUT2D eigenvalue weighted by Crippen LogP contribution is 2.59. The topological polar surface area (TPSA) is 81.7 Å². The van der Waals surface area contributed by atoms with Gasteiger partial charge in [-0.15, -0.1) is 0 Å². The van der Waals surface area contributed by atoms with E-state index in [0.717, 1.165) is 11.1 Å². The number of ether oxygens (including phenoxy) is 2. The molecule has 2 aliphatic heterocycles. The molecule has 1 aliphatic carbocycles. The van der Waals surface area contributed by atoms with E-state index >= 15 is 0 Å². The van der Waals surface area contributed by atoms with Gasteiger partial charge in [0.1, 0.15) is 5.78 Å². The maximum atomic E-state index is 14.3. The van der Waals surface area contributed by atoms with Crippen LogP contribution in [0.15, 0.2) is 121 Å². The Morgan fingerprint density at radius 3 is 1.49 bits per heavy atom. The van der Waals surface area contributed by atoms with E-state index in [2.05, 4.69) is 17.4 Å². The Bertz CT molecular complexity index is 1560. The molecule has 8 unspecified atom stereocenters. The summed E-state index contributed by atoms with van der Waals surface area (Å²) in [6, 6.07) is 36.7. The number of ketones is 1. The lowest BCUT2D eigenvalue weighted by atomic mass is 9.72. The Kier molecular flexibility index (Phi) is 6.48. The van der Waals surface area contributed by atoms with Crippen molar-refractivity contribution in [2.75, 3.05) is 0 Å². The van der Waals surface area contributed by atoms with Crippen LogP contribution in [-0.4, -0.2) is 42.0 Å². The Morgan fingerprint density at radius 1 is 0.537 bits per heavy atom. The smallest absolute Gasteiger partial charge is 0.338 e. The standard InChI is InChI=1S/C35H29NO5/c37-31-26(22-15-7-2-8-16-22)25(21-13-5-1-6-14-21)27-28(31)30-33(41-35(39)24-19-11-4-12-20-24)32(29(27)36-30)40-34(38)23-17-9-3-10-18-23/h1-20,25-30,32-33,36H. The summed E-state index contributed by atoms with van der Waals surface area (Å²) in [7, 11) is 0. The number of hydrogen-bond donors (Lipinski definition) is 1. The van der Waals surface area contributed by atoms with Crippen LogP contribution in [0.3, 0.4) is 0 Å². The van der Waals surface area contributed by atoms with Crippen molar-refractivity contribution >= 4 is 17.7 Å². The summed E-state index contributed by atoms with van der Waals surface area (Å²) in [5, 5.41) is 3.57. The van der Waals surface area contributed by atoms with E-state index < -0.39 is 36.1 Å². The third-order valence-electron chi connectivity index (χ3n) is 8.89. The third-order valence-corrected chi connectivity index (χ3v) is 8.89. The fraction of sp³-hybridized carbons (Fsp3) is 0.229. The van der Waals surface area contributed by atoms with Gasteiger partial charge in [-0.05, 0) is 41.3 Å². The van der Waals surface area contributed by atoms with Crippen molar-refractivity contribution in [2.45, 2.75) is 36.1 Å². The molecule has 3 aliphatic rings. The highest BCUT2D eigenvalue weighted by atomic mass is 16.6. The second-order valence-corrected chi connectivity index (χ2v) is 11.0. The van der Waals surface area contributed by atoms with E-state index in [1.165, 1.54) is 0 Å². The molecule has 204 valence electrons. The summed E-state index contributed by atoms with van der Waals surface area (Å²) in [6.07, 6.45) is -1.56. The Labute approximate surface area is 238 Å². The Hall–Kier alpha value is -4.55. The quantitative estimate of drug-likeness (QED) is 0.338. The molecule has 7 rings (SSSR count). The average molecular weight is 544 g/mol. The molecule has 41 heavy (non-hydrogen) atoms. The van der Waals surface area contributed by atoms with Gasteiger partial charge in [-0.3, -0.25) is 4.79 Å². The minimum Gasteiger partial charge on any atom is -0.453 e. The molecule has 0 amide bonds. The molecule has 1 saturated carbocycles. The van der Waals surface area contributed by atoms with E-state index in [1.54, 1.807) is 48.5 Å². The summed E-state index contributed by atoms with van der Waals surface area (Å²) in [5.41, 5.74) is 2.87. The van der Waals surface area contributed by atoms with Gasteiger partial charge in [-0.1, -0.05) is 97.1 Å². The molecule has 0 spiro atoms. The van der Waals surface area contributed by atoms with E-state index in [0.29, 0.717) is 11.1 Å². The molecular formula is C35H29NO5. The summed E-state index contributed by atoms with van der Waals surface area (Å²) >= 11 is 0. The van der Waals surface area contributed by atoms with Gasteiger partial charge in [0, 0.05) is 11.8 Å². The first kappa shape index (κ1) is 25.4. The van der Waals surface area contributed by atoms with Crippen molar-refractivity contribution in [2.24, 2.45) is 11.8 Å². The molecule has 0 radical (unpaired) electrons. The van der Waals surface area contributed by atoms with Gasteiger partial charge >= 0.3 is 11.9 Å². The predicted octanol–water partition coefficient (Wildman–Crippen LogP) is 5.17. The molecule has 4 aromatic rings. The van der Waals surface area contributed by atoms with E-state index in [4.69, 9.17) is 9.47 Å². The lowest BCUT2D eigenvalue weighted by Gasteiger charge is -2.37. The second-order valence-electron chi connectivity index (χ2n) is 11.0. The number of benzene rings is 4. The number of carbonyl (C=O) groups excluding carboxylic acids is 3. The lowest BCUT2D eigenvalue weighted by Crippen LogP contribution is -2.51.